The van der Waals surface area contributed by atoms with Crippen LogP contribution < -0.4 is 5.73 Å². The van der Waals surface area contributed by atoms with Crippen molar-refractivity contribution in [2.24, 2.45) is 5.73 Å². The smallest absolute Gasteiger partial charge is 0.123 e. The first-order valence-electron chi connectivity index (χ1n) is 4.33. The van der Waals surface area contributed by atoms with E-state index in [1.54, 1.807) is 6.07 Å². The number of nitrogens with two attached hydrogens (primary N) is 1. The van der Waals surface area contributed by atoms with Crippen molar-refractivity contribution in [2.75, 3.05) is 6.61 Å². The van der Waals surface area contributed by atoms with E-state index < -0.39 is 0 Å². The molecule has 0 saturated carbocycles. The Morgan fingerprint density at radius 1 is 1.38 bits per heavy atom. The Kier molecular flexibility index (Phi) is 3.86. The van der Waals surface area contributed by atoms with Crippen LogP contribution in [0.5, 0.6) is 0 Å². The maximum absolute atomic E-state index is 12.8. The highest BCUT2D eigenvalue weighted by atomic mass is 19.1. The fraction of sp³-hybridized carbons (Fsp3) is 0.400. The molecule has 0 heterocycles. The third-order valence-corrected chi connectivity index (χ3v) is 1.85. The van der Waals surface area contributed by atoms with Gasteiger partial charge in [0.2, 0.25) is 0 Å². The number of rotatable bonds is 4. The zero-order chi connectivity index (χ0) is 9.68. The maximum atomic E-state index is 12.8. The van der Waals surface area contributed by atoms with Crippen molar-refractivity contribution >= 4 is 0 Å². The van der Waals surface area contributed by atoms with E-state index in [0.29, 0.717) is 19.8 Å². The summed E-state index contributed by atoms with van der Waals surface area (Å²) in [6.45, 7) is 3.43. The van der Waals surface area contributed by atoms with Crippen LogP contribution in [-0.4, -0.2) is 6.61 Å². The third-order valence-electron chi connectivity index (χ3n) is 1.85. The van der Waals surface area contributed by atoms with Gasteiger partial charge in [-0.1, -0.05) is 6.07 Å². The summed E-state index contributed by atoms with van der Waals surface area (Å²) < 4.78 is 18.0. The molecule has 0 spiro atoms. The van der Waals surface area contributed by atoms with Crippen LogP contribution in [0.1, 0.15) is 18.1 Å². The van der Waals surface area contributed by atoms with Gasteiger partial charge in [-0.3, -0.25) is 0 Å². The molecule has 0 aromatic heterocycles. The number of hydrogen-bond donors (Lipinski definition) is 1. The minimum Gasteiger partial charge on any atom is -0.377 e. The van der Waals surface area contributed by atoms with Gasteiger partial charge in [0, 0.05) is 13.2 Å². The Balaban J connectivity index is 2.79. The predicted octanol–water partition coefficient (Wildman–Crippen LogP) is 1.82. The summed E-state index contributed by atoms with van der Waals surface area (Å²) in [6.07, 6.45) is 0. The van der Waals surface area contributed by atoms with Gasteiger partial charge in [-0.25, -0.2) is 4.39 Å². The minimum absolute atomic E-state index is 0.249. The van der Waals surface area contributed by atoms with Gasteiger partial charge in [-0.05, 0) is 30.2 Å². The van der Waals surface area contributed by atoms with Crippen LogP contribution in [0.3, 0.4) is 0 Å². The fourth-order valence-corrected chi connectivity index (χ4v) is 1.14. The summed E-state index contributed by atoms with van der Waals surface area (Å²) in [7, 11) is 0. The summed E-state index contributed by atoms with van der Waals surface area (Å²) in [4.78, 5) is 0. The van der Waals surface area contributed by atoms with Gasteiger partial charge in [-0.2, -0.15) is 0 Å². The van der Waals surface area contributed by atoms with Crippen molar-refractivity contribution in [1.82, 2.24) is 0 Å². The maximum Gasteiger partial charge on any atom is 0.123 e. The van der Waals surface area contributed by atoms with E-state index in [4.69, 9.17) is 10.5 Å². The SMILES string of the molecule is CCOCc1ccc(F)cc1CN. The summed E-state index contributed by atoms with van der Waals surface area (Å²) >= 11 is 0. The molecular formula is C10H14FNO. The lowest BCUT2D eigenvalue weighted by Crippen LogP contribution is -2.03. The average molecular weight is 183 g/mol. The van der Waals surface area contributed by atoms with Crippen LogP contribution in [0.4, 0.5) is 4.39 Å². The van der Waals surface area contributed by atoms with E-state index in [1.165, 1.54) is 12.1 Å². The molecule has 2 nitrogen and oxygen atoms in total. The number of hydrogen-bond acceptors (Lipinski definition) is 2. The molecule has 0 bridgehead atoms. The molecule has 0 unspecified atom stereocenters. The van der Waals surface area contributed by atoms with Crippen LogP contribution in [0.25, 0.3) is 0 Å². The van der Waals surface area contributed by atoms with Crippen LogP contribution in [0, 0.1) is 5.82 Å². The number of benzene rings is 1. The largest absolute Gasteiger partial charge is 0.377 e. The first-order valence-corrected chi connectivity index (χ1v) is 4.33. The molecule has 0 aliphatic rings. The van der Waals surface area contributed by atoms with Gasteiger partial charge in [0.1, 0.15) is 5.82 Å². The topological polar surface area (TPSA) is 35.2 Å². The van der Waals surface area contributed by atoms with E-state index in [2.05, 4.69) is 0 Å². The van der Waals surface area contributed by atoms with E-state index in [9.17, 15) is 4.39 Å². The summed E-state index contributed by atoms with van der Waals surface area (Å²) in [6, 6.07) is 4.59. The Bertz CT molecular complexity index is 276. The monoisotopic (exact) mass is 183 g/mol. The summed E-state index contributed by atoms with van der Waals surface area (Å²) in [5.41, 5.74) is 7.25. The Hall–Kier alpha value is -0.930. The Morgan fingerprint density at radius 2 is 2.15 bits per heavy atom. The van der Waals surface area contributed by atoms with Crippen molar-refractivity contribution in [3.8, 4) is 0 Å². The fourth-order valence-electron chi connectivity index (χ4n) is 1.14. The lowest BCUT2D eigenvalue weighted by molar-refractivity contribution is 0.133. The Morgan fingerprint density at radius 3 is 2.77 bits per heavy atom. The molecule has 0 saturated heterocycles. The molecule has 0 atom stereocenters. The molecule has 0 aliphatic heterocycles. The molecule has 0 amide bonds. The van der Waals surface area contributed by atoms with Gasteiger partial charge in [0.05, 0.1) is 6.61 Å². The lowest BCUT2D eigenvalue weighted by Gasteiger charge is -2.07. The van der Waals surface area contributed by atoms with Crippen LogP contribution in [0.15, 0.2) is 18.2 Å². The van der Waals surface area contributed by atoms with E-state index in [1.807, 2.05) is 6.92 Å². The normalized spacial score (nSPS) is 10.4. The van der Waals surface area contributed by atoms with Crippen molar-refractivity contribution in [3.05, 3.63) is 35.1 Å². The van der Waals surface area contributed by atoms with E-state index in [-0.39, 0.29) is 5.82 Å². The van der Waals surface area contributed by atoms with Gasteiger partial charge in [0.25, 0.3) is 0 Å². The quantitative estimate of drug-likeness (QED) is 0.772. The highest BCUT2D eigenvalue weighted by Crippen LogP contribution is 2.11. The molecule has 1 aromatic rings. The second-order valence-electron chi connectivity index (χ2n) is 2.75. The van der Waals surface area contributed by atoms with Crippen LogP contribution in [0.2, 0.25) is 0 Å². The minimum atomic E-state index is -0.249. The molecule has 2 N–H and O–H groups in total. The predicted molar refractivity (Wildman–Crippen MR) is 49.6 cm³/mol. The van der Waals surface area contributed by atoms with Gasteiger partial charge in [-0.15, -0.1) is 0 Å². The second kappa shape index (κ2) is 4.94. The number of halogens is 1. The zero-order valence-electron chi connectivity index (χ0n) is 7.72. The van der Waals surface area contributed by atoms with Crippen molar-refractivity contribution in [1.29, 1.82) is 0 Å². The highest BCUT2D eigenvalue weighted by Gasteiger charge is 2.01. The van der Waals surface area contributed by atoms with Gasteiger partial charge >= 0.3 is 0 Å². The van der Waals surface area contributed by atoms with Crippen molar-refractivity contribution in [2.45, 2.75) is 20.1 Å². The molecule has 72 valence electrons. The molecule has 3 heteroatoms. The molecular weight excluding hydrogens is 169 g/mol. The molecule has 0 fully saturated rings. The first-order chi connectivity index (χ1) is 6.27. The third kappa shape index (κ3) is 2.79. The first kappa shape index (κ1) is 10.2. The molecule has 1 rings (SSSR count). The van der Waals surface area contributed by atoms with Crippen molar-refractivity contribution in [3.63, 3.8) is 0 Å². The van der Waals surface area contributed by atoms with Crippen LogP contribution >= 0.6 is 0 Å². The summed E-state index contributed by atoms with van der Waals surface area (Å²) in [5, 5.41) is 0. The zero-order valence-corrected chi connectivity index (χ0v) is 7.72. The van der Waals surface area contributed by atoms with Gasteiger partial charge in [0.15, 0.2) is 0 Å². The van der Waals surface area contributed by atoms with E-state index in [0.717, 1.165) is 11.1 Å². The van der Waals surface area contributed by atoms with Gasteiger partial charge < -0.3 is 10.5 Å². The van der Waals surface area contributed by atoms with Crippen LogP contribution in [-0.2, 0) is 17.9 Å². The summed E-state index contributed by atoms with van der Waals surface area (Å²) in [5.74, 6) is -0.249. The lowest BCUT2D eigenvalue weighted by atomic mass is 10.1. The van der Waals surface area contributed by atoms with Crippen molar-refractivity contribution < 1.29 is 9.13 Å². The molecule has 1 aromatic carbocycles. The van der Waals surface area contributed by atoms with E-state index >= 15 is 0 Å². The average Bonchev–Trinajstić information content (AvgIpc) is 2.16. The highest BCUT2D eigenvalue weighted by molar-refractivity contribution is 5.27. The number of ether oxygens (including phenoxy) is 1. The molecule has 13 heavy (non-hydrogen) atoms. The molecule has 0 radical (unpaired) electrons. The Labute approximate surface area is 77.5 Å². The molecule has 0 aliphatic carbocycles. The second-order valence-corrected chi connectivity index (χ2v) is 2.75. The standard InChI is InChI=1S/C10H14FNO/c1-2-13-7-8-3-4-10(11)5-9(8)6-12/h3-5H,2,6-7,12H2,1H3.